The lowest BCUT2D eigenvalue weighted by Crippen LogP contribution is -2.21. The van der Waals surface area contributed by atoms with Crippen molar-refractivity contribution in [3.05, 3.63) is 81.5 Å². The highest BCUT2D eigenvalue weighted by Gasteiger charge is 2.34. The molecule has 0 fully saturated rings. The first-order valence-corrected chi connectivity index (χ1v) is 13.0. The van der Waals surface area contributed by atoms with E-state index in [1.54, 1.807) is 25.1 Å². The molecule has 1 heterocycles. The number of aliphatic hydroxyl groups is 1. The first-order chi connectivity index (χ1) is 17.1. The van der Waals surface area contributed by atoms with E-state index in [9.17, 15) is 14.7 Å². The molecule has 0 saturated carbocycles. The van der Waals surface area contributed by atoms with Gasteiger partial charge in [0, 0.05) is 24.3 Å². The average molecular weight is 507 g/mol. The molecule has 0 aromatic heterocycles. The van der Waals surface area contributed by atoms with Crippen molar-refractivity contribution < 1.29 is 19.4 Å². The molecule has 0 saturated heterocycles. The molecule has 36 heavy (non-hydrogen) atoms. The molecule has 1 aliphatic heterocycles. The molecule has 0 unspecified atom stereocenters. The summed E-state index contributed by atoms with van der Waals surface area (Å²) < 4.78 is 5.14. The van der Waals surface area contributed by atoms with E-state index in [1.165, 1.54) is 0 Å². The number of anilines is 1. The normalized spacial score (nSPS) is 16.1. The van der Waals surface area contributed by atoms with Crippen LogP contribution in [0.3, 0.4) is 0 Å². The van der Waals surface area contributed by atoms with Gasteiger partial charge in [0.1, 0.15) is 16.4 Å². The molecule has 6 nitrogen and oxygen atoms in total. The zero-order valence-electron chi connectivity index (χ0n) is 21.8. The van der Waals surface area contributed by atoms with Gasteiger partial charge in [0.15, 0.2) is 0 Å². The van der Waals surface area contributed by atoms with E-state index in [2.05, 4.69) is 44.5 Å². The Balaban J connectivity index is 1.93. The molecular formula is C29H34N2O4S. The van der Waals surface area contributed by atoms with Gasteiger partial charge in [-0.15, -0.1) is 0 Å². The van der Waals surface area contributed by atoms with Crippen LogP contribution < -0.4 is 4.90 Å². The van der Waals surface area contributed by atoms with Crippen molar-refractivity contribution in [3.63, 3.8) is 0 Å². The van der Waals surface area contributed by atoms with Crippen LogP contribution in [-0.4, -0.2) is 41.7 Å². The fourth-order valence-corrected chi connectivity index (χ4v) is 4.80. The van der Waals surface area contributed by atoms with Crippen molar-refractivity contribution in [2.45, 2.75) is 47.0 Å². The highest BCUT2D eigenvalue weighted by molar-refractivity contribution is 8.18. The van der Waals surface area contributed by atoms with Gasteiger partial charge < -0.3 is 14.7 Å². The Bertz CT molecular complexity index is 1200. The minimum absolute atomic E-state index is 0.0380. The van der Waals surface area contributed by atoms with Crippen LogP contribution in [-0.2, 0) is 14.9 Å². The maximum Gasteiger partial charge on any atom is 0.344 e. The summed E-state index contributed by atoms with van der Waals surface area (Å²) >= 11 is 1.08. The summed E-state index contributed by atoms with van der Waals surface area (Å²) in [5, 5.41) is 11.0. The molecule has 1 aliphatic rings. The SMILES string of the molecule is CCOC(=O)C1=C(O)C(=Cc2ccc(N(CC)CC)cc2)SC1=NC(=O)c1ccc(C(C)(C)C)cc1. The monoisotopic (exact) mass is 506 g/mol. The van der Waals surface area contributed by atoms with Gasteiger partial charge in [-0.05, 0) is 67.7 Å². The number of thioether (sulfide) groups is 1. The minimum atomic E-state index is -0.711. The number of ether oxygens (including phenoxy) is 1. The van der Waals surface area contributed by atoms with Crippen LogP contribution in [0.5, 0.6) is 0 Å². The molecule has 0 bridgehead atoms. The van der Waals surface area contributed by atoms with Crippen molar-refractivity contribution >= 4 is 40.4 Å². The molecular weight excluding hydrogens is 472 g/mol. The highest BCUT2D eigenvalue weighted by atomic mass is 32.2. The van der Waals surface area contributed by atoms with Crippen LogP contribution in [0.1, 0.15) is 63.0 Å². The Morgan fingerprint density at radius 3 is 2.14 bits per heavy atom. The van der Waals surface area contributed by atoms with Gasteiger partial charge in [0.2, 0.25) is 0 Å². The average Bonchev–Trinajstić information content (AvgIpc) is 3.14. The summed E-state index contributed by atoms with van der Waals surface area (Å²) in [6, 6.07) is 15.2. The van der Waals surface area contributed by atoms with Gasteiger partial charge in [-0.1, -0.05) is 56.8 Å². The van der Waals surface area contributed by atoms with E-state index in [4.69, 9.17) is 4.74 Å². The Kier molecular flexibility index (Phi) is 8.79. The number of aliphatic hydroxyl groups excluding tert-OH is 1. The second-order valence-electron chi connectivity index (χ2n) is 9.37. The largest absolute Gasteiger partial charge is 0.506 e. The number of hydrogen-bond donors (Lipinski definition) is 1. The third kappa shape index (κ3) is 6.26. The molecule has 190 valence electrons. The van der Waals surface area contributed by atoms with Crippen molar-refractivity contribution in [2.24, 2.45) is 4.99 Å². The molecule has 0 radical (unpaired) electrons. The molecule has 1 N–H and O–H groups in total. The van der Waals surface area contributed by atoms with Crippen LogP contribution >= 0.6 is 11.8 Å². The summed E-state index contributed by atoms with van der Waals surface area (Å²) in [5.74, 6) is -1.43. The van der Waals surface area contributed by atoms with E-state index in [0.717, 1.165) is 41.7 Å². The second kappa shape index (κ2) is 11.6. The molecule has 1 amide bonds. The predicted octanol–water partition coefficient (Wildman–Crippen LogP) is 6.53. The van der Waals surface area contributed by atoms with Gasteiger partial charge in [-0.25, -0.2) is 9.79 Å². The molecule has 0 aliphatic carbocycles. The molecule has 2 aromatic rings. The third-order valence-electron chi connectivity index (χ3n) is 5.89. The maximum atomic E-state index is 12.9. The quantitative estimate of drug-likeness (QED) is 0.430. The third-order valence-corrected chi connectivity index (χ3v) is 6.91. The number of rotatable bonds is 7. The van der Waals surface area contributed by atoms with Gasteiger partial charge in [0.25, 0.3) is 5.91 Å². The van der Waals surface area contributed by atoms with Gasteiger partial charge in [-0.3, -0.25) is 4.79 Å². The van der Waals surface area contributed by atoms with Crippen LogP contribution in [0, 0.1) is 0 Å². The number of amides is 1. The number of benzene rings is 2. The number of hydrogen-bond acceptors (Lipinski definition) is 6. The van der Waals surface area contributed by atoms with Crippen LogP contribution in [0.2, 0.25) is 0 Å². The maximum absolute atomic E-state index is 12.9. The van der Waals surface area contributed by atoms with Crippen LogP contribution in [0.15, 0.2) is 69.8 Å². The minimum Gasteiger partial charge on any atom is -0.506 e. The summed E-state index contributed by atoms with van der Waals surface area (Å²) in [6.07, 6.45) is 1.77. The summed E-state index contributed by atoms with van der Waals surface area (Å²) in [7, 11) is 0. The fourth-order valence-electron chi connectivity index (χ4n) is 3.78. The lowest BCUT2D eigenvalue weighted by molar-refractivity contribution is -0.138. The van der Waals surface area contributed by atoms with Crippen molar-refractivity contribution in [1.82, 2.24) is 0 Å². The Morgan fingerprint density at radius 1 is 1.00 bits per heavy atom. The van der Waals surface area contributed by atoms with E-state index >= 15 is 0 Å². The van der Waals surface area contributed by atoms with E-state index in [-0.39, 0.29) is 28.4 Å². The van der Waals surface area contributed by atoms with Gasteiger partial charge in [-0.2, -0.15) is 0 Å². The summed E-state index contributed by atoms with van der Waals surface area (Å²) in [6.45, 7) is 14.2. The number of aliphatic imine (C=N–C) groups is 1. The van der Waals surface area contributed by atoms with E-state index in [1.807, 2.05) is 36.4 Å². The smallest absolute Gasteiger partial charge is 0.344 e. The van der Waals surface area contributed by atoms with Crippen LogP contribution in [0.25, 0.3) is 6.08 Å². The van der Waals surface area contributed by atoms with Crippen molar-refractivity contribution in [2.75, 3.05) is 24.6 Å². The lowest BCUT2D eigenvalue weighted by atomic mass is 9.87. The number of carbonyl (C=O) groups is 2. The van der Waals surface area contributed by atoms with Crippen LogP contribution in [0.4, 0.5) is 5.69 Å². The second-order valence-corrected chi connectivity index (χ2v) is 10.4. The summed E-state index contributed by atoms with van der Waals surface area (Å²) in [5.41, 5.74) is 3.34. The Hall–Kier alpha value is -3.32. The number of esters is 1. The van der Waals surface area contributed by atoms with Crippen molar-refractivity contribution in [3.8, 4) is 0 Å². The van der Waals surface area contributed by atoms with E-state index in [0.29, 0.717) is 10.5 Å². The molecule has 0 spiro atoms. The van der Waals surface area contributed by atoms with Gasteiger partial charge in [0.05, 0.1) is 11.5 Å². The molecule has 3 rings (SSSR count). The number of nitrogens with zero attached hydrogens (tertiary/aromatic N) is 2. The topological polar surface area (TPSA) is 79.2 Å². The fraction of sp³-hybridized carbons (Fsp3) is 0.345. The van der Waals surface area contributed by atoms with Gasteiger partial charge >= 0.3 is 5.97 Å². The first-order valence-electron chi connectivity index (χ1n) is 12.2. The van der Waals surface area contributed by atoms with E-state index < -0.39 is 11.9 Å². The molecule has 0 atom stereocenters. The predicted molar refractivity (Wildman–Crippen MR) is 149 cm³/mol. The molecule has 2 aromatic carbocycles. The first kappa shape index (κ1) is 27.3. The highest BCUT2D eigenvalue weighted by Crippen LogP contribution is 2.39. The molecule has 7 heteroatoms. The standard InChI is InChI=1S/C29H34N2O4S/c1-7-31(8-2)22-16-10-19(11-17-22)18-23-25(32)24(28(34)35-9-3)27(36-23)30-26(33)20-12-14-21(15-13-20)29(4,5)6/h10-18,32H,7-9H2,1-6H3. The number of carbonyl (C=O) groups excluding carboxylic acids is 2. The van der Waals surface area contributed by atoms with Crippen molar-refractivity contribution in [1.29, 1.82) is 0 Å². The Morgan fingerprint density at radius 2 is 1.61 bits per heavy atom. The Labute approximate surface area is 217 Å². The zero-order valence-corrected chi connectivity index (χ0v) is 22.6. The zero-order chi connectivity index (χ0) is 26.5. The summed E-state index contributed by atoms with van der Waals surface area (Å²) in [4.78, 5) is 32.5. The lowest BCUT2D eigenvalue weighted by Gasteiger charge is -2.20.